The van der Waals surface area contributed by atoms with E-state index in [0.29, 0.717) is 19.7 Å². The van der Waals surface area contributed by atoms with E-state index in [0.717, 1.165) is 22.1 Å². The average molecular weight is 445 g/mol. The third kappa shape index (κ3) is 5.20. The molecule has 2 unspecified atom stereocenters. The molecule has 6 heteroatoms. The molecule has 1 heterocycles. The molecule has 5 nitrogen and oxygen atoms in total. The second kappa shape index (κ2) is 9.85. The van der Waals surface area contributed by atoms with E-state index in [4.69, 9.17) is 4.74 Å². The van der Waals surface area contributed by atoms with Crippen molar-refractivity contribution in [3.63, 3.8) is 0 Å². The van der Waals surface area contributed by atoms with Crippen LogP contribution < -0.4 is 10.2 Å². The highest BCUT2D eigenvalue weighted by Crippen LogP contribution is 2.31. The fraction of sp³-hybridized carbons (Fsp3) is 0.364. The molecule has 0 saturated carbocycles. The molecule has 0 bridgehead atoms. The predicted molar refractivity (Wildman–Crippen MR) is 113 cm³/mol. The van der Waals surface area contributed by atoms with E-state index in [9.17, 15) is 9.59 Å². The summed E-state index contributed by atoms with van der Waals surface area (Å²) in [6.45, 7) is 3.55. The topological polar surface area (TPSA) is 58.6 Å². The van der Waals surface area contributed by atoms with E-state index in [-0.39, 0.29) is 30.3 Å². The zero-order chi connectivity index (χ0) is 19.9. The lowest BCUT2D eigenvalue weighted by Gasteiger charge is -2.18. The Labute approximate surface area is 174 Å². The minimum absolute atomic E-state index is 0.0212. The van der Waals surface area contributed by atoms with Crippen molar-refractivity contribution in [1.82, 2.24) is 5.32 Å². The number of halogens is 1. The van der Waals surface area contributed by atoms with Gasteiger partial charge in [-0.1, -0.05) is 42.5 Å². The van der Waals surface area contributed by atoms with E-state index in [2.05, 4.69) is 21.2 Å². The summed E-state index contributed by atoms with van der Waals surface area (Å²) >= 11 is 3.47. The summed E-state index contributed by atoms with van der Waals surface area (Å²) < 4.78 is 6.68. The summed E-state index contributed by atoms with van der Waals surface area (Å²) in [6.07, 6.45) is 1.01. The molecule has 0 aliphatic carbocycles. The molecule has 2 aromatic rings. The van der Waals surface area contributed by atoms with Crippen LogP contribution in [-0.2, 0) is 14.3 Å². The number of hydrogen-bond donors (Lipinski definition) is 1. The number of anilines is 1. The molecule has 0 aromatic heterocycles. The average Bonchev–Trinajstić information content (AvgIpc) is 3.10. The second-order valence-electron chi connectivity index (χ2n) is 6.93. The van der Waals surface area contributed by atoms with Gasteiger partial charge in [-0.3, -0.25) is 9.59 Å². The van der Waals surface area contributed by atoms with E-state index >= 15 is 0 Å². The summed E-state index contributed by atoms with van der Waals surface area (Å²) in [5.74, 6) is -0.408. The van der Waals surface area contributed by atoms with Crippen molar-refractivity contribution < 1.29 is 14.3 Å². The van der Waals surface area contributed by atoms with Crippen LogP contribution in [0.3, 0.4) is 0 Å². The highest BCUT2D eigenvalue weighted by Gasteiger charge is 2.35. The molecule has 2 atom stereocenters. The minimum atomic E-state index is -0.316. The van der Waals surface area contributed by atoms with E-state index in [1.54, 1.807) is 4.90 Å². The third-order valence-corrected chi connectivity index (χ3v) is 5.57. The van der Waals surface area contributed by atoms with Gasteiger partial charge in [0.05, 0.1) is 17.7 Å². The Balaban J connectivity index is 1.40. The highest BCUT2D eigenvalue weighted by molar-refractivity contribution is 9.10. The zero-order valence-corrected chi connectivity index (χ0v) is 17.5. The molecule has 28 heavy (non-hydrogen) atoms. The molecule has 3 rings (SSSR count). The molecule has 0 spiro atoms. The third-order valence-electron chi connectivity index (χ3n) is 4.90. The van der Waals surface area contributed by atoms with E-state index in [1.807, 2.05) is 61.5 Å². The lowest BCUT2D eigenvalue weighted by atomic mass is 10.1. The van der Waals surface area contributed by atoms with Crippen LogP contribution in [0.2, 0.25) is 0 Å². The summed E-state index contributed by atoms with van der Waals surface area (Å²) in [4.78, 5) is 26.4. The Morgan fingerprint density at radius 1 is 1.21 bits per heavy atom. The van der Waals surface area contributed by atoms with Gasteiger partial charge in [-0.15, -0.1) is 0 Å². The van der Waals surface area contributed by atoms with Crippen molar-refractivity contribution >= 4 is 33.4 Å². The molecule has 1 aliphatic rings. The molecule has 148 valence electrons. The predicted octanol–water partition coefficient (Wildman–Crippen LogP) is 4.09. The summed E-state index contributed by atoms with van der Waals surface area (Å²) in [5.41, 5.74) is 1.95. The van der Waals surface area contributed by atoms with Crippen LogP contribution in [0.1, 0.15) is 31.4 Å². The van der Waals surface area contributed by atoms with Crippen LogP contribution in [0.25, 0.3) is 0 Å². The maximum atomic E-state index is 12.4. The van der Waals surface area contributed by atoms with Gasteiger partial charge in [-0.2, -0.15) is 0 Å². The van der Waals surface area contributed by atoms with Crippen molar-refractivity contribution in [3.05, 3.63) is 64.6 Å². The van der Waals surface area contributed by atoms with E-state index < -0.39 is 0 Å². The molecule has 1 N–H and O–H groups in total. The van der Waals surface area contributed by atoms with Gasteiger partial charge in [0.25, 0.3) is 0 Å². The van der Waals surface area contributed by atoms with Crippen molar-refractivity contribution in [2.45, 2.75) is 25.9 Å². The Hall–Kier alpha value is -2.18. The molecule has 2 amide bonds. The zero-order valence-electron chi connectivity index (χ0n) is 15.9. The Kier molecular flexibility index (Phi) is 7.23. The van der Waals surface area contributed by atoms with Gasteiger partial charge < -0.3 is 15.0 Å². The summed E-state index contributed by atoms with van der Waals surface area (Å²) in [6, 6.07) is 17.6. The number of amides is 2. The molecule has 0 radical (unpaired) electrons. The van der Waals surface area contributed by atoms with E-state index in [1.165, 1.54) is 0 Å². The lowest BCUT2D eigenvalue weighted by molar-refractivity contribution is -0.126. The Morgan fingerprint density at radius 3 is 2.68 bits per heavy atom. The molecule has 1 saturated heterocycles. The summed E-state index contributed by atoms with van der Waals surface area (Å²) in [7, 11) is 0. The standard InChI is InChI=1S/C22H25BrN2O3/c1-16(17-8-3-2-4-9-17)28-13-7-12-24-22(27)18-14-21(26)25(15-18)20-11-6-5-10-19(20)23/h2-6,8-11,16,18H,7,12-15H2,1H3,(H,24,27). The Morgan fingerprint density at radius 2 is 1.93 bits per heavy atom. The first kappa shape index (κ1) is 20.6. The minimum Gasteiger partial charge on any atom is -0.374 e. The number of hydrogen-bond acceptors (Lipinski definition) is 3. The second-order valence-corrected chi connectivity index (χ2v) is 7.78. The van der Waals surface area contributed by atoms with Crippen LogP contribution in [0, 0.1) is 5.92 Å². The van der Waals surface area contributed by atoms with Crippen LogP contribution in [-0.4, -0.2) is 31.5 Å². The molecular formula is C22H25BrN2O3. The lowest BCUT2D eigenvalue weighted by Crippen LogP contribution is -2.34. The normalized spacial score (nSPS) is 17.6. The first-order chi connectivity index (χ1) is 13.6. The fourth-order valence-corrected chi connectivity index (χ4v) is 3.79. The van der Waals surface area contributed by atoms with Crippen molar-refractivity contribution in [2.75, 3.05) is 24.6 Å². The van der Waals surface area contributed by atoms with Gasteiger partial charge in [0.1, 0.15) is 0 Å². The maximum absolute atomic E-state index is 12.4. The first-order valence-corrected chi connectivity index (χ1v) is 10.3. The van der Waals surface area contributed by atoms with Crippen molar-refractivity contribution in [2.24, 2.45) is 5.92 Å². The number of carbonyl (C=O) groups is 2. The maximum Gasteiger partial charge on any atom is 0.227 e. The van der Waals surface area contributed by atoms with Gasteiger partial charge in [0.15, 0.2) is 0 Å². The van der Waals surface area contributed by atoms with Crippen LogP contribution in [0.5, 0.6) is 0 Å². The van der Waals surface area contributed by atoms with Crippen molar-refractivity contribution in [3.8, 4) is 0 Å². The number of ether oxygens (including phenoxy) is 1. The van der Waals surface area contributed by atoms with Crippen LogP contribution >= 0.6 is 15.9 Å². The van der Waals surface area contributed by atoms with Gasteiger partial charge in [0.2, 0.25) is 11.8 Å². The van der Waals surface area contributed by atoms with Gasteiger partial charge in [-0.25, -0.2) is 0 Å². The first-order valence-electron chi connectivity index (χ1n) is 9.55. The largest absolute Gasteiger partial charge is 0.374 e. The number of benzene rings is 2. The van der Waals surface area contributed by atoms with Crippen molar-refractivity contribution in [1.29, 1.82) is 0 Å². The highest BCUT2D eigenvalue weighted by atomic mass is 79.9. The fourth-order valence-electron chi connectivity index (χ4n) is 3.30. The summed E-state index contributed by atoms with van der Waals surface area (Å²) in [5, 5.41) is 2.94. The number of carbonyl (C=O) groups excluding carboxylic acids is 2. The number of nitrogens with one attached hydrogen (secondary N) is 1. The molecular weight excluding hydrogens is 420 g/mol. The monoisotopic (exact) mass is 444 g/mol. The smallest absolute Gasteiger partial charge is 0.227 e. The van der Waals surface area contributed by atoms with Gasteiger partial charge in [0, 0.05) is 30.6 Å². The number of nitrogens with zero attached hydrogens (tertiary/aromatic N) is 1. The quantitative estimate of drug-likeness (QED) is 0.623. The Bertz CT molecular complexity index is 812. The molecule has 2 aromatic carbocycles. The number of rotatable bonds is 8. The molecule has 1 fully saturated rings. The number of para-hydroxylation sites is 1. The van der Waals surface area contributed by atoms with Crippen LogP contribution in [0.4, 0.5) is 5.69 Å². The SMILES string of the molecule is CC(OCCCNC(=O)C1CC(=O)N(c2ccccc2Br)C1)c1ccccc1. The molecule has 1 aliphatic heterocycles. The van der Waals surface area contributed by atoms with Gasteiger partial charge in [-0.05, 0) is 47.0 Å². The van der Waals surface area contributed by atoms with Crippen LogP contribution in [0.15, 0.2) is 59.1 Å². The van der Waals surface area contributed by atoms with Gasteiger partial charge >= 0.3 is 0 Å².